The fraction of sp³-hybridized carbons (Fsp3) is 0.333. The van der Waals surface area contributed by atoms with E-state index in [9.17, 15) is 22.4 Å². The minimum Gasteiger partial charge on any atom is -0.484 e. The molecule has 0 radical (unpaired) electrons. The molecule has 0 unspecified atom stereocenters. The minimum absolute atomic E-state index is 0.0311. The zero-order valence-electron chi connectivity index (χ0n) is 17.8. The van der Waals surface area contributed by atoms with Crippen molar-refractivity contribution in [2.75, 3.05) is 38.7 Å². The van der Waals surface area contributed by atoms with Crippen molar-refractivity contribution >= 4 is 27.5 Å². The Hall–Kier alpha value is -3.18. The molecule has 1 saturated heterocycles. The van der Waals surface area contributed by atoms with Crippen molar-refractivity contribution in [2.45, 2.75) is 17.7 Å². The molecule has 0 bridgehead atoms. The minimum atomic E-state index is -3.75. The van der Waals surface area contributed by atoms with Crippen LogP contribution in [0.1, 0.15) is 23.2 Å². The number of anilines is 1. The number of carbonyl (C=O) groups is 2. The number of amides is 2. The molecule has 32 heavy (non-hydrogen) atoms. The number of hydrazine groups is 1. The van der Waals surface area contributed by atoms with Crippen molar-refractivity contribution in [3.8, 4) is 5.75 Å². The maximum Gasteiger partial charge on any atom is 0.276 e. The highest BCUT2D eigenvalue weighted by molar-refractivity contribution is 7.89. The number of ether oxygens (including phenoxy) is 1. The Morgan fingerprint density at radius 3 is 2.47 bits per heavy atom. The monoisotopic (exact) mass is 464 g/mol. The van der Waals surface area contributed by atoms with Crippen molar-refractivity contribution in [3.05, 3.63) is 53.8 Å². The summed E-state index contributed by atoms with van der Waals surface area (Å²) in [6.45, 7) is 1.04. The lowest BCUT2D eigenvalue weighted by molar-refractivity contribution is -0.123. The third-order valence-corrected chi connectivity index (χ3v) is 6.73. The first-order valence-corrected chi connectivity index (χ1v) is 11.4. The quantitative estimate of drug-likeness (QED) is 0.602. The van der Waals surface area contributed by atoms with Gasteiger partial charge >= 0.3 is 0 Å². The number of nitrogens with zero attached hydrogens (tertiary/aromatic N) is 2. The number of sulfonamides is 1. The molecule has 1 heterocycles. The first kappa shape index (κ1) is 23.5. The highest BCUT2D eigenvalue weighted by Crippen LogP contribution is 2.28. The predicted octanol–water partition coefficient (Wildman–Crippen LogP) is 1.52. The van der Waals surface area contributed by atoms with Crippen molar-refractivity contribution in [1.82, 2.24) is 15.2 Å². The average Bonchev–Trinajstić information content (AvgIpc) is 3.30. The zero-order valence-corrected chi connectivity index (χ0v) is 18.6. The molecule has 2 amide bonds. The molecule has 172 valence electrons. The summed E-state index contributed by atoms with van der Waals surface area (Å²) in [6, 6.07) is 9.68. The van der Waals surface area contributed by atoms with Crippen LogP contribution < -0.4 is 20.5 Å². The van der Waals surface area contributed by atoms with E-state index in [-0.39, 0.29) is 16.2 Å². The number of halogens is 1. The van der Waals surface area contributed by atoms with Gasteiger partial charge in [-0.05, 0) is 43.2 Å². The fourth-order valence-electron chi connectivity index (χ4n) is 3.24. The third-order valence-electron chi connectivity index (χ3n) is 4.92. The van der Waals surface area contributed by atoms with Crippen LogP contribution in [0.3, 0.4) is 0 Å². The lowest BCUT2D eigenvalue weighted by Crippen LogP contribution is -2.44. The molecule has 2 N–H and O–H groups in total. The number of hydrogen-bond donors (Lipinski definition) is 2. The Morgan fingerprint density at radius 1 is 1.09 bits per heavy atom. The summed E-state index contributed by atoms with van der Waals surface area (Å²) in [5, 5.41) is 0. The van der Waals surface area contributed by atoms with Gasteiger partial charge in [-0.15, -0.1) is 0 Å². The van der Waals surface area contributed by atoms with Gasteiger partial charge in [0.2, 0.25) is 10.0 Å². The Kier molecular flexibility index (Phi) is 7.31. The molecular formula is C21H25FN4O5S. The summed E-state index contributed by atoms with van der Waals surface area (Å²) in [7, 11) is -0.940. The van der Waals surface area contributed by atoms with Gasteiger partial charge < -0.3 is 9.64 Å². The van der Waals surface area contributed by atoms with E-state index in [4.69, 9.17) is 4.74 Å². The van der Waals surface area contributed by atoms with Crippen LogP contribution >= 0.6 is 0 Å². The van der Waals surface area contributed by atoms with E-state index in [1.807, 2.05) is 4.90 Å². The van der Waals surface area contributed by atoms with Crippen LogP contribution in [-0.2, 0) is 14.8 Å². The Bertz CT molecular complexity index is 1100. The van der Waals surface area contributed by atoms with E-state index >= 15 is 0 Å². The van der Waals surface area contributed by atoms with Crippen LogP contribution in [0.2, 0.25) is 0 Å². The Balaban J connectivity index is 1.72. The molecule has 0 atom stereocenters. The van der Waals surface area contributed by atoms with E-state index in [0.29, 0.717) is 5.69 Å². The van der Waals surface area contributed by atoms with Crippen LogP contribution in [0.15, 0.2) is 47.4 Å². The smallest absolute Gasteiger partial charge is 0.276 e. The van der Waals surface area contributed by atoms with Gasteiger partial charge in [-0.25, -0.2) is 17.1 Å². The number of hydrogen-bond acceptors (Lipinski definition) is 6. The molecule has 9 nitrogen and oxygen atoms in total. The van der Waals surface area contributed by atoms with Crippen LogP contribution in [0.25, 0.3) is 0 Å². The summed E-state index contributed by atoms with van der Waals surface area (Å²) >= 11 is 0. The standard InChI is InChI=1S/C21H25FN4O5S/c1-25(2)32(29,30)17-8-9-19(26-10-3-4-11-26)18(13-17)21(28)24-23-20(27)14-31-16-7-5-6-15(22)12-16/h5-9,12-13H,3-4,10-11,14H2,1-2H3,(H,23,27)(H,24,28). The molecule has 0 aromatic heterocycles. The highest BCUT2D eigenvalue weighted by Gasteiger charge is 2.24. The van der Waals surface area contributed by atoms with Crippen molar-refractivity contribution in [1.29, 1.82) is 0 Å². The largest absolute Gasteiger partial charge is 0.484 e. The zero-order chi connectivity index (χ0) is 23.3. The molecule has 0 spiro atoms. The van der Waals surface area contributed by atoms with Gasteiger partial charge in [-0.1, -0.05) is 6.07 Å². The lowest BCUT2D eigenvalue weighted by atomic mass is 10.1. The third kappa shape index (κ3) is 5.54. The first-order chi connectivity index (χ1) is 15.2. The number of benzene rings is 2. The van der Waals surface area contributed by atoms with Crippen LogP contribution in [0, 0.1) is 5.82 Å². The normalized spacial score (nSPS) is 13.8. The fourth-order valence-corrected chi connectivity index (χ4v) is 4.17. The number of nitrogens with one attached hydrogen (secondary N) is 2. The topological polar surface area (TPSA) is 108 Å². The first-order valence-electron chi connectivity index (χ1n) is 9.97. The summed E-state index contributed by atoms with van der Waals surface area (Å²) in [5.41, 5.74) is 5.23. The molecule has 1 fully saturated rings. The average molecular weight is 465 g/mol. The Morgan fingerprint density at radius 2 is 1.81 bits per heavy atom. The summed E-state index contributed by atoms with van der Waals surface area (Å²) < 4.78 is 44.5. The second-order valence-corrected chi connectivity index (χ2v) is 9.56. The molecule has 0 aliphatic carbocycles. The van der Waals surface area contributed by atoms with Gasteiger partial charge in [-0.2, -0.15) is 0 Å². The molecule has 3 rings (SSSR count). The second kappa shape index (κ2) is 9.96. The predicted molar refractivity (Wildman–Crippen MR) is 116 cm³/mol. The van der Waals surface area contributed by atoms with Gasteiger partial charge in [0, 0.05) is 38.9 Å². The molecule has 1 aliphatic rings. The molecule has 0 saturated carbocycles. The van der Waals surface area contributed by atoms with Crippen LogP contribution in [-0.4, -0.2) is 58.3 Å². The SMILES string of the molecule is CN(C)S(=O)(=O)c1ccc(N2CCCC2)c(C(=O)NNC(=O)COc2cccc(F)c2)c1. The molecule has 2 aromatic rings. The van der Waals surface area contributed by atoms with Crippen molar-refractivity contribution < 1.29 is 27.1 Å². The molecular weight excluding hydrogens is 439 g/mol. The highest BCUT2D eigenvalue weighted by atomic mass is 32.2. The molecule has 2 aromatic carbocycles. The number of carbonyl (C=O) groups excluding carboxylic acids is 2. The van der Waals surface area contributed by atoms with Crippen molar-refractivity contribution in [3.63, 3.8) is 0 Å². The van der Waals surface area contributed by atoms with Crippen LogP contribution in [0.5, 0.6) is 5.75 Å². The Labute approximate surface area is 186 Å². The van der Waals surface area contributed by atoms with Gasteiger partial charge in [-0.3, -0.25) is 20.4 Å². The van der Waals surface area contributed by atoms with Crippen LogP contribution in [0.4, 0.5) is 10.1 Å². The van der Waals surface area contributed by atoms with Gasteiger partial charge in [0.1, 0.15) is 11.6 Å². The van der Waals surface area contributed by atoms with E-state index in [1.165, 1.54) is 44.4 Å². The van der Waals surface area contributed by atoms with Gasteiger partial charge in [0.05, 0.1) is 10.5 Å². The summed E-state index contributed by atoms with van der Waals surface area (Å²) in [5.74, 6) is -1.66. The maximum atomic E-state index is 13.2. The van der Waals surface area contributed by atoms with E-state index in [1.54, 1.807) is 6.07 Å². The summed E-state index contributed by atoms with van der Waals surface area (Å²) in [6.07, 6.45) is 1.93. The van der Waals surface area contributed by atoms with E-state index in [0.717, 1.165) is 36.3 Å². The van der Waals surface area contributed by atoms with Gasteiger partial charge in [0.15, 0.2) is 6.61 Å². The van der Waals surface area contributed by atoms with Crippen molar-refractivity contribution in [2.24, 2.45) is 0 Å². The molecule has 1 aliphatic heterocycles. The van der Waals surface area contributed by atoms with E-state index < -0.39 is 34.3 Å². The lowest BCUT2D eigenvalue weighted by Gasteiger charge is -2.22. The second-order valence-electron chi connectivity index (χ2n) is 7.41. The van der Waals surface area contributed by atoms with Gasteiger partial charge in [0.25, 0.3) is 11.8 Å². The number of rotatable bonds is 7. The summed E-state index contributed by atoms with van der Waals surface area (Å²) in [4.78, 5) is 26.8. The molecule has 11 heteroatoms. The maximum absolute atomic E-state index is 13.2. The van der Waals surface area contributed by atoms with E-state index in [2.05, 4.69) is 10.9 Å².